The predicted molar refractivity (Wildman–Crippen MR) is 103 cm³/mol. The minimum Gasteiger partial charge on any atom is -0.450 e. The summed E-state index contributed by atoms with van der Waals surface area (Å²) in [6.07, 6.45) is 4.94. The van der Waals surface area contributed by atoms with Crippen molar-refractivity contribution in [2.45, 2.75) is 78.0 Å². The van der Waals surface area contributed by atoms with Crippen molar-refractivity contribution in [2.75, 3.05) is 26.3 Å². The number of hydrogen-bond acceptors (Lipinski definition) is 4. The number of piperidine rings is 1. The average Bonchev–Trinajstić information content (AvgIpc) is 2.61. The normalized spacial score (nSPS) is 26.3. The van der Waals surface area contributed by atoms with Gasteiger partial charge in [-0.3, -0.25) is 0 Å². The third-order valence-electron chi connectivity index (χ3n) is 5.61. The van der Waals surface area contributed by atoms with Gasteiger partial charge in [0.05, 0.1) is 18.8 Å². The number of rotatable bonds is 7. The van der Waals surface area contributed by atoms with E-state index in [-0.39, 0.29) is 29.7 Å². The van der Waals surface area contributed by atoms with Crippen LogP contribution < -0.4 is 11.1 Å². The number of amides is 1. The van der Waals surface area contributed by atoms with Crippen molar-refractivity contribution >= 4 is 12.1 Å². The minimum atomic E-state index is -0.224. The largest absolute Gasteiger partial charge is 0.450 e. The van der Waals surface area contributed by atoms with Gasteiger partial charge in [0.15, 0.2) is 5.96 Å². The van der Waals surface area contributed by atoms with Gasteiger partial charge in [-0.15, -0.1) is 0 Å². The number of guanidine groups is 1. The first-order valence-corrected chi connectivity index (χ1v) is 10.0. The van der Waals surface area contributed by atoms with Gasteiger partial charge in [-0.2, -0.15) is 0 Å². The van der Waals surface area contributed by atoms with Crippen LogP contribution in [0.5, 0.6) is 0 Å². The Bertz CT molecular complexity index is 487. The van der Waals surface area contributed by atoms with Crippen LogP contribution in [-0.4, -0.2) is 61.4 Å². The van der Waals surface area contributed by atoms with Gasteiger partial charge < -0.3 is 25.4 Å². The second-order valence-corrected chi connectivity index (χ2v) is 7.90. The Morgan fingerprint density at radius 3 is 2.58 bits per heavy atom. The lowest BCUT2D eigenvalue weighted by Gasteiger charge is -2.49. The van der Waals surface area contributed by atoms with E-state index in [0.29, 0.717) is 25.7 Å². The Morgan fingerprint density at radius 2 is 2.00 bits per heavy atom. The quantitative estimate of drug-likeness (QED) is 0.409. The lowest BCUT2D eigenvalue weighted by atomic mass is 9.65. The molecule has 1 aliphatic heterocycles. The van der Waals surface area contributed by atoms with Crippen LogP contribution in [0.15, 0.2) is 4.99 Å². The second-order valence-electron chi connectivity index (χ2n) is 7.90. The number of carbonyl (C=O) groups excluding carboxylic acids is 1. The van der Waals surface area contributed by atoms with Crippen molar-refractivity contribution in [2.24, 2.45) is 16.1 Å². The summed E-state index contributed by atoms with van der Waals surface area (Å²) in [6, 6.07) is 0.450. The maximum absolute atomic E-state index is 11.7. The molecule has 0 radical (unpaired) electrons. The summed E-state index contributed by atoms with van der Waals surface area (Å²) >= 11 is 0. The lowest BCUT2D eigenvalue weighted by molar-refractivity contribution is -0.107. The fourth-order valence-corrected chi connectivity index (χ4v) is 3.57. The van der Waals surface area contributed by atoms with Gasteiger partial charge in [0.1, 0.15) is 0 Å². The smallest absolute Gasteiger partial charge is 0.409 e. The third kappa shape index (κ3) is 5.25. The summed E-state index contributed by atoms with van der Waals surface area (Å²) in [4.78, 5) is 18.2. The SMILES string of the molecule is CCCCOC1CC(N=C(N)NC2CCN(C(=O)OCC)CC2)C1(C)C. The molecule has 0 aromatic carbocycles. The fourth-order valence-electron chi connectivity index (χ4n) is 3.57. The molecule has 1 saturated heterocycles. The molecule has 26 heavy (non-hydrogen) atoms. The van der Waals surface area contributed by atoms with Gasteiger partial charge in [0.2, 0.25) is 0 Å². The van der Waals surface area contributed by atoms with Crippen LogP contribution in [0.3, 0.4) is 0 Å². The number of likely N-dealkylation sites (tertiary alicyclic amines) is 1. The highest BCUT2D eigenvalue weighted by atomic mass is 16.6. The Kier molecular flexibility index (Phi) is 7.55. The van der Waals surface area contributed by atoms with E-state index in [0.717, 1.165) is 38.7 Å². The van der Waals surface area contributed by atoms with Crippen molar-refractivity contribution in [3.63, 3.8) is 0 Å². The standard InChI is InChI=1S/C19H36N4O3/c1-5-7-12-26-16-13-15(19(16,3)4)22-17(20)21-14-8-10-23(11-9-14)18(24)25-6-2/h14-16H,5-13H2,1-4H3,(H3,20,21,22). The molecule has 2 fully saturated rings. The molecule has 7 heteroatoms. The number of nitrogens with zero attached hydrogens (tertiary/aromatic N) is 2. The Hall–Kier alpha value is -1.50. The van der Waals surface area contributed by atoms with Crippen LogP contribution in [0.4, 0.5) is 4.79 Å². The molecule has 0 bridgehead atoms. The molecule has 2 aliphatic rings. The van der Waals surface area contributed by atoms with Crippen molar-refractivity contribution in [1.82, 2.24) is 10.2 Å². The first kappa shape index (κ1) is 20.8. The third-order valence-corrected chi connectivity index (χ3v) is 5.61. The molecule has 2 rings (SSSR count). The van der Waals surface area contributed by atoms with Crippen molar-refractivity contribution < 1.29 is 14.3 Å². The van der Waals surface area contributed by atoms with Crippen LogP contribution in [0, 0.1) is 5.41 Å². The molecule has 1 amide bonds. The van der Waals surface area contributed by atoms with E-state index in [1.807, 2.05) is 6.92 Å². The molecule has 2 unspecified atom stereocenters. The highest BCUT2D eigenvalue weighted by Gasteiger charge is 2.49. The van der Waals surface area contributed by atoms with Crippen LogP contribution in [0.1, 0.15) is 59.8 Å². The summed E-state index contributed by atoms with van der Waals surface area (Å²) in [5.41, 5.74) is 6.16. The first-order chi connectivity index (χ1) is 12.4. The molecule has 0 aromatic rings. The highest BCUT2D eigenvalue weighted by molar-refractivity contribution is 5.78. The topological polar surface area (TPSA) is 89.2 Å². The zero-order valence-electron chi connectivity index (χ0n) is 16.8. The van der Waals surface area contributed by atoms with Crippen LogP contribution in [-0.2, 0) is 9.47 Å². The molecule has 7 nitrogen and oxygen atoms in total. The number of nitrogens with one attached hydrogen (secondary N) is 1. The summed E-state index contributed by atoms with van der Waals surface area (Å²) in [6.45, 7) is 11.0. The molecule has 0 spiro atoms. The number of ether oxygens (including phenoxy) is 2. The molecule has 1 aliphatic carbocycles. The van der Waals surface area contributed by atoms with E-state index in [2.05, 4.69) is 31.1 Å². The Labute approximate surface area is 157 Å². The first-order valence-electron chi connectivity index (χ1n) is 10.0. The number of aliphatic imine (C=N–C) groups is 1. The maximum atomic E-state index is 11.7. The van der Waals surface area contributed by atoms with Gasteiger partial charge in [-0.1, -0.05) is 27.2 Å². The highest BCUT2D eigenvalue weighted by Crippen LogP contribution is 2.44. The zero-order valence-corrected chi connectivity index (χ0v) is 16.8. The monoisotopic (exact) mass is 368 g/mol. The summed E-state index contributed by atoms with van der Waals surface area (Å²) in [7, 11) is 0. The van der Waals surface area contributed by atoms with E-state index in [9.17, 15) is 4.79 Å². The van der Waals surface area contributed by atoms with Gasteiger partial charge in [-0.05, 0) is 32.6 Å². The van der Waals surface area contributed by atoms with Gasteiger partial charge in [0, 0.05) is 31.2 Å². The zero-order chi connectivity index (χ0) is 19.2. The lowest BCUT2D eigenvalue weighted by Crippen LogP contribution is -2.55. The number of nitrogens with two attached hydrogens (primary N) is 1. The van der Waals surface area contributed by atoms with E-state index in [1.165, 1.54) is 0 Å². The van der Waals surface area contributed by atoms with E-state index < -0.39 is 0 Å². The fraction of sp³-hybridized carbons (Fsp3) is 0.895. The Morgan fingerprint density at radius 1 is 1.31 bits per heavy atom. The minimum absolute atomic E-state index is 0.0211. The molecule has 1 heterocycles. The Balaban J connectivity index is 1.75. The second kappa shape index (κ2) is 9.44. The predicted octanol–water partition coefficient (Wildman–Crippen LogP) is 2.50. The molecule has 0 aromatic heterocycles. The van der Waals surface area contributed by atoms with Crippen LogP contribution in [0.2, 0.25) is 0 Å². The molecule has 150 valence electrons. The van der Waals surface area contributed by atoms with Crippen molar-refractivity contribution in [3.05, 3.63) is 0 Å². The van der Waals surface area contributed by atoms with E-state index >= 15 is 0 Å². The molecule has 2 atom stereocenters. The summed E-state index contributed by atoms with van der Waals surface area (Å²) in [5.74, 6) is 0.504. The van der Waals surface area contributed by atoms with Gasteiger partial charge >= 0.3 is 6.09 Å². The van der Waals surface area contributed by atoms with Crippen LogP contribution >= 0.6 is 0 Å². The van der Waals surface area contributed by atoms with Crippen molar-refractivity contribution in [3.8, 4) is 0 Å². The molecule has 3 N–H and O–H groups in total. The van der Waals surface area contributed by atoms with Crippen molar-refractivity contribution in [1.29, 1.82) is 0 Å². The molecule has 1 saturated carbocycles. The molecular weight excluding hydrogens is 332 g/mol. The van der Waals surface area contributed by atoms with Crippen LogP contribution in [0.25, 0.3) is 0 Å². The van der Waals surface area contributed by atoms with E-state index in [1.54, 1.807) is 4.90 Å². The average molecular weight is 369 g/mol. The number of unbranched alkanes of at least 4 members (excludes halogenated alkanes) is 1. The van der Waals surface area contributed by atoms with E-state index in [4.69, 9.17) is 15.2 Å². The summed E-state index contributed by atoms with van der Waals surface area (Å²) < 4.78 is 11.0. The van der Waals surface area contributed by atoms with Gasteiger partial charge in [-0.25, -0.2) is 9.79 Å². The summed E-state index contributed by atoms with van der Waals surface area (Å²) in [5, 5.41) is 3.32. The number of hydrogen-bond donors (Lipinski definition) is 2. The van der Waals surface area contributed by atoms with Gasteiger partial charge in [0.25, 0.3) is 0 Å². The maximum Gasteiger partial charge on any atom is 0.409 e. The number of carbonyl (C=O) groups is 1. The molecular formula is C19H36N4O3.